The van der Waals surface area contributed by atoms with E-state index in [1.54, 1.807) is 22.7 Å². The molecule has 3 aromatic carbocycles. The summed E-state index contributed by atoms with van der Waals surface area (Å²) in [5.41, 5.74) is 2.03. The van der Waals surface area contributed by atoms with Gasteiger partial charge in [-0.3, -0.25) is 4.90 Å². The number of carbonyl (C=O) groups is 1. The van der Waals surface area contributed by atoms with Gasteiger partial charge in [0, 0.05) is 27.9 Å². The Morgan fingerprint density at radius 2 is 1.36 bits per heavy atom. The summed E-state index contributed by atoms with van der Waals surface area (Å²) < 4.78 is 27.5. The number of nitrogens with zero attached hydrogens (tertiary/aromatic N) is 3. The molecule has 1 aromatic heterocycles. The Bertz CT molecular complexity index is 1380. The van der Waals surface area contributed by atoms with Gasteiger partial charge in [-0.1, -0.05) is 36.0 Å². The van der Waals surface area contributed by atoms with Gasteiger partial charge in [0.1, 0.15) is 0 Å². The highest BCUT2D eigenvalue weighted by Crippen LogP contribution is 2.48. The lowest BCUT2D eigenvalue weighted by Crippen LogP contribution is -2.32. The molecule has 4 aromatic rings. The largest absolute Gasteiger partial charge is 0.331 e. The summed E-state index contributed by atoms with van der Waals surface area (Å²) in [5.74, 6) is -0.0184. The number of fused-ring (bicyclic) bond motifs is 2. The zero-order valence-electron chi connectivity index (χ0n) is 17.0. The molecule has 2 amide bonds. The second kappa shape index (κ2) is 8.57. The topological polar surface area (TPSA) is 104 Å². The first kappa shape index (κ1) is 21.0. The van der Waals surface area contributed by atoms with Crippen LogP contribution >= 0.6 is 11.8 Å². The molecule has 33 heavy (non-hydrogen) atoms. The third-order valence-electron chi connectivity index (χ3n) is 4.84. The molecule has 164 valence electrons. The van der Waals surface area contributed by atoms with Crippen LogP contribution in [0.15, 0.2) is 106 Å². The summed E-state index contributed by atoms with van der Waals surface area (Å²) in [6, 6.07) is 22.5. The van der Waals surface area contributed by atoms with Crippen molar-refractivity contribution in [2.75, 3.05) is 14.9 Å². The van der Waals surface area contributed by atoms with Gasteiger partial charge in [0.05, 0.1) is 16.3 Å². The van der Waals surface area contributed by atoms with E-state index in [2.05, 4.69) is 20.0 Å². The van der Waals surface area contributed by atoms with E-state index in [0.29, 0.717) is 5.69 Å². The first-order valence-electron chi connectivity index (χ1n) is 9.88. The molecule has 0 fully saturated rings. The average molecular weight is 476 g/mol. The fraction of sp³-hybridized carbons (Fsp3) is 0. The highest BCUT2D eigenvalue weighted by Gasteiger charge is 2.28. The van der Waals surface area contributed by atoms with Crippen molar-refractivity contribution in [2.24, 2.45) is 0 Å². The van der Waals surface area contributed by atoms with Crippen LogP contribution in [0.4, 0.5) is 27.8 Å². The molecule has 0 unspecified atom stereocenters. The number of hydrogen-bond donors (Lipinski definition) is 2. The molecule has 0 aliphatic carbocycles. The molecule has 0 atom stereocenters. The summed E-state index contributed by atoms with van der Waals surface area (Å²) >= 11 is 1.61. The lowest BCUT2D eigenvalue weighted by molar-refractivity contribution is 0.259. The molecular weight excluding hydrogens is 458 g/mol. The van der Waals surface area contributed by atoms with Crippen molar-refractivity contribution >= 4 is 50.8 Å². The van der Waals surface area contributed by atoms with E-state index in [9.17, 15) is 13.2 Å². The van der Waals surface area contributed by atoms with Crippen LogP contribution in [-0.4, -0.2) is 24.4 Å². The third kappa shape index (κ3) is 4.26. The maximum absolute atomic E-state index is 13.3. The summed E-state index contributed by atoms with van der Waals surface area (Å²) in [7, 11) is -3.86. The lowest BCUT2D eigenvalue weighted by Gasteiger charge is -2.31. The molecule has 1 aliphatic heterocycles. The molecule has 0 radical (unpaired) electrons. The molecule has 0 saturated carbocycles. The van der Waals surface area contributed by atoms with Gasteiger partial charge in [-0.05, 0) is 54.6 Å². The number of amides is 2. The van der Waals surface area contributed by atoms with Gasteiger partial charge < -0.3 is 5.32 Å². The van der Waals surface area contributed by atoms with Crippen molar-refractivity contribution in [3.8, 4) is 0 Å². The summed E-state index contributed by atoms with van der Waals surface area (Å²) in [5, 5.41) is 2.86. The molecule has 0 spiro atoms. The van der Waals surface area contributed by atoms with Crippen molar-refractivity contribution < 1.29 is 13.2 Å². The molecule has 5 rings (SSSR count). The van der Waals surface area contributed by atoms with Crippen LogP contribution < -0.4 is 14.9 Å². The number of para-hydroxylation sites is 2. The zero-order chi connectivity index (χ0) is 22.8. The van der Waals surface area contributed by atoms with Crippen LogP contribution in [0.1, 0.15) is 0 Å². The smallest absolute Gasteiger partial charge is 0.307 e. The number of sulfonamides is 1. The standard InChI is InChI=1S/C23H17N5O3S2/c29-23(28-18-6-1-3-8-20(18)32-21-9-4-2-7-19(21)28)26-16-10-12-17(13-11-16)33(30,31)27-22-24-14-5-15-25-22/h1-15H,(H,26,29)(H,24,25,27). The number of benzene rings is 3. The number of hydrogen-bond acceptors (Lipinski definition) is 6. The van der Waals surface area contributed by atoms with Crippen molar-refractivity contribution in [3.05, 3.63) is 91.3 Å². The predicted octanol–water partition coefficient (Wildman–Crippen LogP) is 5.11. The summed E-state index contributed by atoms with van der Waals surface area (Å²) in [6.45, 7) is 0. The second-order valence-corrected chi connectivity index (χ2v) is 9.77. The fourth-order valence-electron chi connectivity index (χ4n) is 3.35. The quantitative estimate of drug-likeness (QED) is 0.425. The minimum atomic E-state index is -3.86. The monoisotopic (exact) mass is 475 g/mol. The van der Waals surface area contributed by atoms with Gasteiger partial charge in [0.25, 0.3) is 10.0 Å². The lowest BCUT2D eigenvalue weighted by atomic mass is 10.2. The van der Waals surface area contributed by atoms with Gasteiger partial charge >= 0.3 is 6.03 Å². The summed E-state index contributed by atoms with van der Waals surface area (Å²) in [6.07, 6.45) is 2.89. The van der Waals surface area contributed by atoms with Crippen molar-refractivity contribution in [1.82, 2.24) is 9.97 Å². The second-order valence-electron chi connectivity index (χ2n) is 7.01. The maximum Gasteiger partial charge on any atom is 0.331 e. The fourth-order valence-corrected chi connectivity index (χ4v) is 5.37. The van der Waals surface area contributed by atoms with E-state index in [1.807, 2.05) is 48.5 Å². The van der Waals surface area contributed by atoms with Crippen LogP contribution in [0, 0.1) is 0 Å². The van der Waals surface area contributed by atoms with Crippen LogP contribution in [-0.2, 0) is 10.0 Å². The van der Waals surface area contributed by atoms with Crippen molar-refractivity contribution in [1.29, 1.82) is 0 Å². The Labute approximate surface area is 194 Å². The first-order chi connectivity index (χ1) is 16.0. The van der Waals surface area contributed by atoms with Crippen molar-refractivity contribution in [2.45, 2.75) is 14.7 Å². The minimum absolute atomic E-state index is 0.0184. The number of rotatable bonds is 4. The van der Waals surface area contributed by atoms with Gasteiger partial charge in [0.2, 0.25) is 5.95 Å². The number of nitrogens with one attached hydrogen (secondary N) is 2. The highest BCUT2D eigenvalue weighted by molar-refractivity contribution is 7.99. The van der Waals surface area contributed by atoms with Gasteiger partial charge in [-0.25, -0.2) is 27.9 Å². The van der Waals surface area contributed by atoms with E-state index >= 15 is 0 Å². The van der Waals surface area contributed by atoms with E-state index in [0.717, 1.165) is 21.2 Å². The first-order valence-corrected chi connectivity index (χ1v) is 12.2. The van der Waals surface area contributed by atoms with E-state index in [1.165, 1.54) is 36.7 Å². The molecule has 0 bridgehead atoms. The molecule has 8 nitrogen and oxygen atoms in total. The van der Waals surface area contributed by atoms with Crippen LogP contribution in [0.2, 0.25) is 0 Å². The molecule has 1 aliphatic rings. The molecular formula is C23H17N5O3S2. The highest BCUT2D eigenvalue weighted by atomic mass is 32.2. The molecule has 2 N–H and O–H groups in total. The van der Waals surface area contributed by atoms with Gasteiger partial charge in [-0.2, -0.15) is 0 Å². The zero-order valence-corrected chi connectivity index (χ0v) is 18.7. The normalized spacial score (nSPS) is 12.4. The van der Waals surface area contributed by atoms with Crippen LogP contribution in [0.3, 0.4) is 0 Å². The SMILES string of the molecule is O=C(Nc1ccc(S(=O)(=O)Nc2ncccn2)cc1)N1c2ccccc2Sc2ccccc21. The van der Waals surface area contributed by atoms with Gasteiger partial charge in [-0.15, -0.1) is 0 Å². The number of anilines is 4. The average Bonchev–Trinajstić information content (AvgIpc) is 2.83. The minimum Gasteiger partial charge on any atom is -0.307 e. The maximum atomic E-state index is 13.3. The summed E-state index contributed by atoms with van der Waals surface area (Å²) in [4.78, 5) is 24.6. The Kier molecular flexibility index (Phi) is 5.45. The molecule has 10 heteroatoms. The van der Waals surface area contributed by atoms with Crippen molar-refractivity contribution in [3.63, 3.8) is 0 Å². The van der Waals surface area contributed by atoms with Crippen LogP contribution in [0.5, 0.6) is 0 Å². The Morgan fingerprint density at radius 3 is 1.97 bits per heavy atom. The number of urea groups is 1. The molecule has 0 saturated heterocycles. The third-order valence-corrected chi connectivity index (χ3v) is 7.32. The predicted molar refractivity (Wildman–Crippen MR) is 127 cm³/mol. The Balaban J connectivity index is 1.38. The van der Waals surface area contributed by atoms with E-state index in [4.69, 9.17) is 0 Å². The molecule has 2 heterocycles. The Hall–Kier alpha value is -3.89. The number of carbonyl (C=O) groups excluding carboxylic acids is 1. The Morgan fingerprint density at radius 1 is 0.788 bits per heavy atom. The van der Waals surface area contributed by atoms with Crippen LogP contribution in [0.25, 0.3) is 0 Å². The van der Waals surface area contributed by atoms with E-state index < -0.39 is 10.0 Å². The number of aromatic nitrogens is 2. The van der Waals surface area contributed by atoms with Gasteiger partial charge in [0.15, 0.2) is 0 Å². The van der Waals surface area contributed by atoms with E-state index in [-0.39, 0.29) is 16.9 Å².